The van der Waals surface area contributed by atoms with E-state index in [-0.39, 0.29) is 5.56 Å². The summed E-state index contributed by atoms with van der Waals surface area (Å²) in [7, 11) is 1.31. The zero-order valence-electron chi connectivity index (χ0n) is 8.94. The molecule has 0 bridgehead atoms. The lowest BCUT2D eigenvalue weighted by Crippen LogP contribution is -1.99. The van der Waals surface area contributed by atoms with E-state index in [1.165, 1.54) is 13.2 Å². The van der Waals surface area contributed by atoms with Crippen molar-refractivity contribution in [2.24, 2.45) is 0 Å². The highest BCUT2D eigenvalue weighted by Crippen LogP contribution is 2.26. The molecule has 0 aliphatic rings. The lowest BCUT2D eigenvalue weighted by atomic mass is 10.1. The molecule has 1 N–H and O–H groups in total. The summed E-state index contributed by atoms with van der Waals surface area (Å²) < 4.78 is 4.53. The summed E-state index contributed by atoms with van der Waals surface area (Å²) in [6, 6.07) is 4.62. The van der Waals surface area contributed by atoms with Crippen molar-refractivity contribution in [3.8, 4) is 0 Å². The van der Waals surface area contributed by atoms with Gasteiger partial charge in [0.05, 0.1) is 12.7 Å². The largest absolute Gasteiger partial charge is 0.478 e. The van der Waals surface area contributed by atoms with E-state index in [1.807, 2.05) is 22.6 Å². The Morgan fingerprint density at radius 1 is 1.53 bits per heavy atom. The molecule has 0 radical (unpaired) electrons. The van der Waals surface area contributed by atoms with Gasteiger partial charge in [-0.25, -0.2) is 4.79 Å². The molecule has 0 atom stereocenters. The van der Waals surface area contributed by atoms with Crippen LogP contribution in [0.5, 0.6) is 0 Å². The number of ether oxygens (including phenoxy) is 1. The Balaban J connectivity index is 0.000000557. The predicted molar refractivity (Wildman–Crippen MR) is 74.5 cm³/mol. The highest BCUT2D eigenvalue weighted by molar-refractivity contribution is 14.1. The van der Waals surface area contributed by atoms with Gasteiger partial charge in [-0.3, -0.25) is 4.79 Å². The number of carbonyl (C=O) groups is 2. The molecule has 1 rings (SSSR count). The summed E-state index contributed by atoms with van der Waals surface area (Å²) in [6.07, 6.45) is 0. The number of benzene rings is 1. The van der Waals surface area contributed by atoms with Gasteiger partial charge in [0.1, 0.15) is 0 Å². The molecule has 0 unspecified atom stereocenters. The lowest BCUT2D eigenvalue weighted by Gasteiger charge is -2.03. The Hall–Kier alpha value is -1.08. The van der Waals surface area contributed by atoms with Crippen LogP contribution in [0.15, 0.2) is 24.8 Å². The Kier molecular flexibility index (Phi) is 7.56. The van der Waals surface area contributed by atoms with E-state index in [4.69, 9.17) is 21.5 Å². The third kappa shape index (κ3) is 5.69. The average molecular weight is 369 g/mol. The first-order valence-electron chi connectivity index (χ1n) is 4.28. The number of carbonyl (C=O) groups excluding carboxylic acids is 1. The topological polar surface area (TPSA) is 63.6 Å². The van der Waals surface area contributed by atoms with Crippen molar-refractivity contribution in [3.63, 3.8) is 0 Å². The van der Waals surface area contributed by atoms with Crippen LogP contribution in [-0.4, -0.2) is 24.7 Å². The van der Waals surface area contributed by atoms with E-state index in [0.29, 0.717) is 20.6 Å². The monoisotopic (exact) mass is 368 g/mol. The molecule has 1 aromatic rings. The van der Waals surface area contributed by atoms with Crippen LogP contribution >= 0.6 is 34.2 Å². The van der Waals surface area contributed by atoms with Crippen LogP contribution in [0.3, 0.4) is 0 Å². The van der Waals surface area contributed by atoms with Gasteiger partial charge in [0.25, 0.3) is 6.47 Å². The number of aromatic carboxylic acids is 1. The van der Waals surface area contributed by atoms with Crippen LogP contribution in [0.1, 0.15) is 15.9 Å². The fourth-order valence-electron chi connectivity index (χ4n) is 0.927. The van der Waals surface area contributed by atoms with Gasteiger partial charge in [0, 0.05) is 14.2 Å². The fraction of sp³-hybridized carbons (Fsp3) is 0.0909. The van der Waals surface area contributed by atoms with E-state index < -0.39 is 5.97 Å². The molecule has 6 heteroatoms. The van der Waals surface area contributed by atoms with E-state index >= 15 is 0 Å². The molecule has 0 aromatic heterocycles. The summed E-state index contributed by atoms with van der Waals surface area (Å²) in [5.41, 5.74) is 0.796. The zero-order chi connectivity index (χ0) is 13.4. The molecule has 0 amide bonds. The summed E-state index contributed by atoms with van der Waals surface area (Å²) in [6.45, 7) is 4.05. The molecule has 17 heavy (non-hydrogen) atoms. The molecule has 0 fully saturated rings. The summed E-state index contributed by atoms with van der Waals surface area (Å²) in [4.78, 5) is 19.7. The Morgan fingerprint density at radius 2 is 2.06 bits per heavy atom. The van der Waals surface area contributed by atoms with Crippen molar-refractivity contribution >= 4 is 50.2 Å². The minimum absolute atomic E-state index is 0.226. The molecule has 1 aromatic carbocycles. The number of carboxylic acid groups (broad SMARTS) is 1. The van der Waals surface area contributed by atoms with Crippen LogP contribution in [0.4, 0.5) is 0 Å². The molecule has 0 spiro atoms. The fourth-order valence-corrected chi connectivity index (χ4v) is 1.55. The van der Waals surface area contributed by atoms with Gasteiger partial charge in [-0.05, 0) is 40.8 Å². The van der Waals surface area contributed by atoms with Crippen LogP contribution in [0.25, 0.3) is 3.58 Å². The summed E-state index contributed by atoms with van der Waals surface area (Å²) in [5.74, 6) is -0.968. The second kappa shape index (κ2) is 8.08. The number of rotatable bonds is 3. The molecule has 4 nitrogen and oxygen atoms in total. The second-order valence-corrected chi connectivity index (χ2v) is 4.47. The Bertz CT molecular complexity index is 431. The third-order valence-corrected chi connectivity index (χ3v) is 2.42. The number of carboxylic acids is 1. The van der Waals surface area contributed by atoms with Crippen LogP contribution < -0.4 is 0 Å². The van der Waals surface area contributed by atoms with Gasteiger partial charge >= 0.3 is 5.97 Å². The normalized spacial score (nSPS) is 8.65. The maximum absolute atomic E-state index is 10.7. The highest BCUT2D eigenvalue weighted by atomic mass is 127. The van der Waals surface area contributed by atoms with Gasteiger partial charge in [0.2, 0.25) is 0 Å². The van der Waals surface area contributed by atoms with Crippen LogP contribution in [-0.2, 0) is 9.53 Å². The van der Waals surface area contributed by atoms with Gasteiger partial charge in [0.15, 0.2) is 0 Å². The molecule has 0 saturated heterocycles. The molecule has 0 aliphatic heterocycles. The predicted octanol–water partition coefficient (Wildman–Crippen LogP) is 3.23. The van der Waals surface area contributed by atoms with Crippen molar-refractivity contribution in [1.29, 1.82) is 0 Å². The zero-order valence-corrected chi connectivity index (χ0v) is 11.9. The molecular weight excluding hydrogens is 358 g/mol. The quantitative estimate of drug-likeness (QED) is 0.657. The van der Waals surface area contributed by atoms with Crippen molar-refractivity contribution in [3.05, 3.63) is 40.9 Å². The Morgan fingerprint density at radius 3 is 2.41 bits per heavy atom. The number of hydrogen-bond acceptors (Lipinski definition) is 3. The van der Waals surface area contributed by atoms with Gasteiger partial charge < -0.3 is 9.84 Å². The second-order valence-electron chi connectivity index (χ2n) is 2.73. The SMILES string of the molecule is C=C(I)c1cc(Cl)ccc1C(=O)O.COC=O. The van der Waals surface area contributed by atoms with Gasteiger partial charge in [-0.15, -0.1) is 0 Å². The molecule has 0 heterocycles. The van der Waals surface area contributed by atoms with Crippen LogP contribution in [0, 0.1) is 0 Å². The van der Waals surface area contributed by atoms with Gasteiger partial charge in [-0.1, -0.05) is 18.2 Å². The smallest absolute Gasteiger partial charge is 0.336 e. The van der Waals surface area contributed by atoms with Crippen LogP contribution in [0.2, 0.25) is 5.02 Å². The van der Waals surface area contributed by atoms with E-state index in [0.717, 1.165) is 0 Å². The lowest BCUT2D eigenvalue weighted by molar-refractivity contribution is -0.126. The average Bonchev–Trinajstić information content (AvgIpc) is 2.28. The third-order valence-electron chi connectivity index (χ3n) is 1.60. The highest BCUT2D eigenvalue weighted by Gasteiger charge is 2.10. The van der Waals surface area contributed by atoms with E-state index in [9.17, 15) is 4.79 Å². The van der Waals surface area contributed by atoms with Crippen molar-refractivity contribution in [2.45, 2.75) is 0 Å². The first-order valence-corrected chi connectivity index (χ1v) is 5.73. The molecule has 0 aliphatic carbocycles. The number of methoxy groups -OCH3 is 1. The molecular formula is C11H10ClIO4. The maximum Gasteiger partial charge on any atom is 0.336 e. The molecule has 0 saturated carbocycles. The van der Waals surface area contributed by atoms with Crippen molar-refractivity contribution < 1.29 is 19.4 Å². The first-order chi connectivity index (χ1) is 7.93. The number of halogens is 2. The summed E-state index contributed by atoms with van der Waals surface area (Å²) >= 11 is 7.70. The molecule has 92 valence electrons. The minimum Gasteiger partial charge on any atom is -0.478 e. The summed E-state index contributed by atoms with van der Waals surface area (Å²) in [5, 5.41) is 9.33. The van der Waals surface area contributed by atoms with Gasteiger partial charge in [-0.2, -0.15) is 0 Å². The number of hydrogen-bond donors (Lipinski definition) is 1. The minimum atomic E-state index is -0.968. The van der Waals surface area contributed by atoms with E-state index in [2.05, 4.69) is 11.3 Å². The maximum atomic E-state index is 10.7. The van der Waals surface area contributed by atoms with Crippen molar-refractivity contribution in [1.82, 2.24) is 0 Å². The first kappa shape index (κ1) is 15.9. The van der Waals surface area contributed by atoms with E-state index in [1.54, 1.807) is 12.1 Å². The Labute approximate surface area is 117 Å². The standard InChI is InChI=1S/C9H6ClIO2.C2H4O2/c1-5(11)8-4-6(10)2-3-7(8)9(12)13;1-4-2-3/h2-4H,1H2,(H,12,13);2H,1H3. The van der Waals surface area contributed by atoms with Crippen molar-refractivity contribution in [2.75, 3.05) is 7.11 Å².